The standard InChI is InChI=1S/C13H16N2/c1-4-14-13-12-6-5-9(2)10(3)11(12)7-8-15-13/h5-8H,4H2,1-3H3,(H,14,15). The lowest BCUT2D eigenvalue weighted by Crippen LogP contribution is -2.00. The first kappa shape index (κ1) is 9.97. The van der Waals surface area contributed by atoms with Gasteiger partial charge in [-0.05, 0) is 43.4 Å². The zero-order valence-electron chi connectivity index (χ0n) is 9.46. The highest BCUT2D eigenvalue weighted by molar-refractivity contribution is 5.94. The van der Waals surface area contributed by atoms with Gasteiger partial charge in [0, 0.05) is 18.1 Å². The molecule has 0 amide bonds. The number of anilines is 1. The first-order valence-electron chi connectivity index (χ1n) is 5.33. The molecule has 0 spiro atoms. The van der Waals surface area contributed by atoms with Gasteiger partial charge in [0.05, 0.1) is 0 Å². The number of pyridine rings is 1. The molecule has 0 aliphatic heterocycles. The third-order valence-electron chi connectivity index (χ3n) is 2.83. The van der Waals surface area contributed by atoms with Crippen LogP contribution in [0.1, 0.15) is 18.1 Å². The highest BCUT2D eigenvalue weighted by Crippen LogP contribution is 2.25. The quantitative estimate of drug-likeness (QED) is 0.804. The summed E-state index contributed by atoms with van der Waals surface area (Å²) in [4.78, 5) is 4.36. The minimum Gasteiger partial charge on any atom is -0.370 e. The molecule has 0 atom stereocenters. The molecular weight excluding hydrogens is 184 g/mol. The summed E-state index contributed by atoms with van der Waals surface area (Å²) in [6.45, 7) is 7.29. The molecule has 0 radical (unpaired) electrons. The van der Waals surface area contributed by atoms with Crippen molar-refractivity contribution in [1.29, 1.82) is 0 Å². The second-order valence-corrected chi connectivity index (χ2v) is 3.79. The lowest BCUT2D eigenvalue weighted by atomic mass is 10.0. The van der Waals surface area contributed by atoms with Crippen LogP contribution in [0.4, 0.5) is 5.82 Å². The van der Waals surface area contributed by atoms with E-state index in [9.17, 15) is 0 Å². The first-order valence-corrected chi connectivity index (χ1v) is 5.33. The highest BCUT2D eigenvalue weighted by atomic mass is 15.0. The maximum atomic E-state index is 4.36. The van der Waals surface area contributed by atoms with Gasteiger partial charge in [0.15, 0.2) is 0 Å². The number of aromatic nitrogens is 1. The molecule has 2 heteroatoms. The van der Waals surface area contributed by atoms with E-state index in [1.807, 2.05) is 6.20 Å². The fourth-order valence-corrected chi connectivity index (χ4v) is 1.82. The Morgan fingerprint density at radius 3 is 2.67 bits per heavy atom. The van der Waals surface area contributed by atoms with Crippen LogP contribution in [0.5, 0.6) is 0 Å². The van der Waals surface area contributed by atoms with Gasteiger partial charge in [-0.15, -0.1) is 0 Å². The highest BCUT2D eigenvalue weighted by Gasteiger charge is 2.04. The lowest BCUT2D eigenvalue weighted by Gasteiger charge is -2.09. The zero-order chi connectivity index (χ0) is 10.8. The number of hydrogen-bond donors (Lipinski definition) is 1. The van der Waals surface area contributed by atoms with Gasteiger partial charge in [-0.3, -0.25) is 0 Å². The average Bonchev–Trinajstić information content (AvgIpc) is 2.25. The molecule has 15 heavy (non-hydrogen) atoms. The molecule has 2 nitrogen and oxygen atoms in total. The molecule has 1 aromatic carbocycles. The summed E-state index contributed by atoms with van der Waals surface area (Å²) >= 11 is 0. The number of nitrogens with one attached hydrogen (secondary N) is 1. The first-order chi connectivity index (χ1) is 7.24. The van der Waals surface area contributed by atoms with Crippen molar-refractivity contribution in [1.82, 2.24) is 4.98 Å². The fraction of sp³-hybridized carbons (Fsp3) is 0.308. The molecule has 1 heterocycles. The number of rotatable bonds is 2. The smallest absolute Gasteiger partial charge is 0.133 e. The van der Waals surface area contributed by atoms with Crippen molar-refractivity contribution in [3.05, 3.63) is 35.5 Å². The van der Waals surface area contributed by atoms with Gasteiger partial charge in [-0.2, -0.15) is 0 Å². The Morgan fingerprint density at radius 2 is 1.93 bits per heavy atom. The predicted molar refractivity (Wildman–Crippen MR) is 65.4 cm³/mol. The fourth-order valence-electron chi connectivity index (χ4n) is 1.82. The van der Waals surface area contributed by atoms with E-state index in [0.717, 1.165) is 12.4 Å². The summed E-state index contributed by atoms with van der Waals surface area (Å²) in [6, 6.07) is 6.38. The van der Waals surface area contributed by atoms with Crippen molar-refractivity contribution >= 4 is 16.6 Å². The Hall–Kier alpha value is -1.57. The third kappa shape index (κ3) is 1.67. The Morgan fingerprint density at radius 1 is 1.13 bits per heavy atom. The molecule has 0 aliphatic rings. The SMILES string of the molecule is CCNc1nccc2c(C)c(C)ccc12. The van der Waals surface area contributed by atoms with Gasteiger partial charge in [0.1, 0.15) is 5.82 Å². The number of nitrogens with zero attached hydrogens (tertiary/aromatic N) is 1. The summed E-state index contributed by atoms with van der Waals surface area (Å²) in [5.41, 5.74) is 2.67. The average molecular weight is 200 g/mol. The number of hydrogen-bond acceptors (Lipinski definition) is 2. The van der Waals surface area contributed by atoms with Crippen molar-refractivity contribution in [2.75, 3.05) is 11.9 Å². The monoisotopic (exact) mass is 200 g/mol. The second kappa shape index (κ2) is 3.89. The minimum absolute atomic E-state index is 0.902. The van der Waals surface area contributed by atoms with E-state index in [2.05, 4.69) is 49.3 Å². The number of fused-ring (bicyclic) bond motifs is 1. The van der Waals surface area contributed by atoms with Gasteiger partial charge in [0.25, 0.3) is 0 Å². The largest absolute Gasteiger partial charge is 0.370 e. The summed E-state index contributed by atoms with van der Waals surface area (Å²) in [5.74, 6) is 0.984. The van der Waals surface area contributed by atoms with Crippen LogP contribution in [-0.2, 0) is 0 Å². The number of aryl methyl sites for hydroxylation is 2. The van der Waals surface area contributed by atoms with Gasteiger partial charge in [-0.1, -0.05) is 12.1 Å². The molecule has 1 N–H and O–H groups in total. The molecule has 0 saturated heterocycles. The van der Waals surface area contributed by atoms with Crippen molar-refractivity contribution < 1.29 is 0 Å². The summed E-state index contributed by atoms with van der Waals surface area (Å²) < 4.78 is 0. The van der Waals surface area contributed by atoms with E-state index < -0.39 is 0 Å². The summed E-state index contributed by atoms with van der Waals surface area (Å²) in [6.07, 6.45) is 1.87. The minimum atomic E-state index is 0.902. The summed E-state index contributed by atoms with van der Waals surface area (Å²) in [7, 11) is 0. The van der Waals surface area contributed by atoms with E-state index in [0.29, 0.717) is 0 Å². The number of benzene rings is 1. The van der Waals surface area contributed by atoms with Crippen LogP contribution in [0.2, 0.25) is 0 Å². The second-order valence-electron chi connectivity index (χ2n) is 3.79. The van der Waals surface area contributed by atoms with Gasteiger partial charge >= 0.3 is 0 Å². The molecule has 0 aliphatic carbocycles. The normalized spacial score (nSPS) is 10.6. The van der Waals surface area contributed by atoms with Crippen LogP contribution in [0.25, 0.3) is 10.8 Å². The lowest BCUT2D eigenvalue weighted by molar-refractivity contribution is 1.17. The molecule has 1 aromatic heterocycles. The van der Waals surface area contributed by atoms with E-state index in [-0.39, 0.29) is 0 Å². The van der Waals surface area contributed by atoms with Gasteiger partial charge in [-0.25, -0.2) is 4.98 Å². The van der Waals surface area contributed by atoms with E-state index >= 15 is 0 Å². The molecule has 0 bridgehead atoms. The summed E-state index contributed by atoms with van der Waals surface area (Å²) in [5, 5.41) is 5.79. The van der Waals surface area contributed by atoms with Gasteiger partial charge < -0.3 is 5.32 Å². The van der Waals surface area contributed by atoms with Crippen LogP contribution in [0.3, 0.4) is 0 Å². The Bertz CT molecular complexity index is 489. The van der Waals surface area contributed by atoms with Crippen LogP contribution in [0, 0.1) is 13.8 Å². The van der Waals surface area contributed by atoms with Crippen LogP contribution in [-0.4, -0.2) is 11.5 Å². The Kier molecular flexibility index (Phi) is 2.58. The Labute approximate surface area is 90.3 Å². The molecule has 0 fully saturated rings. The van der Waals surface area contributed by atoms with E-state index in [1.54, 1.807) is 0 Å². The third-order valence-corrected chi connectivity index (χ3v) is 2.83. The van der Waals surface area contributed by atoms with E-state index in [1.165, 1.54) is 21.9 Å². The maximum absolute atomic E-state index is 4.36. The van der Waals surface area contributed by atoms with Crippen molar-refractivity contribution in [3.8, 4) is 0 Å². The Balaban J connectivity index is 2.72. The van der Waals surface area contributed by atoms with Gasteiger partial charge in [0.2, 0.25) is 0 Å². The molecular formula is C13H16N2. The van der Waals surface area contributed by atoms with Crippen LogP contribution < -0.4 is 5.32 Å². The van der Waals surface area contributed by atoms with Crippen molar-refractivity contribution in [3.63, 3.8) is 0 Å². The van der Waals surface area contributed by atoms with Crippen LogP contribution in [0.15, 0.2) is 24.4 Å². The van der Waals surface area contributed by atoms with Crippen LogP contribution >= 0.6 is 0 Å². The molecule has 2 aromatic rings. The zero-order valence-corrected chi connectivity index (χ0v) is 9.46. The molecule has 2 rings (SSSR count). The molecule has 0 unspecified atom stereocenters. The molecule has 0 saturated carbocycles. The topological polar surface area (TPSA) is 24.9 Å². The predicted octanol–water partition coefficient (Wildman–Crippen LogP) is 3.28. The molecule has 78 valence electrons. The van der Waals surface area contributed by atoms with E-state index in [4.69, 9.17) is 0 Å². The maximum Gasteiger partial charge on any atom is 0.133 e. The van der Waals surface area contributed by atoms with Crippen molar-refractivity contribution in [2.45, 2.75) is 20.8 Å². The van der Waals surface area contributed by atoms with Crippen molar-refractivity contribution in [2.24, 2.45) is 0 Å².